The van der Waals surface area contributed by atoms with Crippen molar-refractivity contribution in [2.45, 2.75) is 19.7 Å². The van der Waals surface area contributed by atoms with Crippen LogP contribution < -0.4 is 9.64 Å². The summed E-state index contributed by atoms with van der Waals surface area (Å²) in [6, 6.07) is 27.5. The van der Waals surface area contributed by atoms with Crippen molar-refractivity contribution < 1.29 is 18.9 Å². The van der Waals surface area contributed by atoms with Crippen molar-refractivity contribution in [1.29, 1.82) is 0 Å². The van der Waals surface area contributed by atoms with Crippen LogP contribution in [0.2, 0.25) is 0 Å². The zero-order chi connectivity index (χ0) is 27.4. The van der Waals surface area contributed by atoms with Crippen LogP contribution in [0.25, 0.3) is 10.9 Å². The molecule has 2 heterocycles. The van der Waals surface area contributed by atoms with Crippen molar-refractivity contribution in [3.63, 3.8) is 0 Å². The number of methoxy groups -OCH3 is 1. The summed E-state index contributed by atoms with van der Waals surface area (Å²) in [6.07, 6.45) is 1.85. The lowest BCUT2D eigenvalue weighted by Gasteiger charge is -2.26. The number of ether oxygens (including phenoxy) is 4. The topological polar surface area (TPSA) is 56.3 Å². The third-order valence-electron chi connectivity index (χ3n) is 7.12. The van der Waals surface area contributed by atoms with Gasteiger partial charge in [-0.2, -0.15) is 0 Å². The first-order valence-corrected chi connectivity index (χ1v) is 14.0. The molecule has 0 unspecified atom stereocenters. The number of morpholine rings is 1. The fourth-order valence-electron chi connectivity index (χ4n) is 4.93. The molecule has 1 aliphatic heterocycles. The van der Waals surface area contributed by atoms with E-state index in [9.17, 15) is 0 Å². The number of anilines is 1. The molecule has 210 valence electrons. The van der Waals surface area contributed by atoms with E-state index >= 15 is 0 Å². The van der Waals surface area contributed by atoms with Crippen LogP contribution in [0.4, 0.5) is 5.69 Å². The standard InChI is InChI=1S/C33H39N3O4/c1-37-32-9-3-5-27(22-32)24-36(25-28-10-11-30-7-4-12-34-33(30)23-28)31-8-2-6-29(21-31)26-40-20-19-39-18-15-35-13-16-38-17-14-35/h2-12,21-23H,13-20,24-26H2,1H3. The predicted molar refractivity (Wildman–Crippen MR) is 159 cm³/mol. The molecule has 0 radical (unpaired) electrons. The molecule has 0 aliphatic carbocycles. The zero-order valence-electron chi connectivity index (χ0n) is 23.3. The van der Waals surface area contributed by atoms with E-state index < -0.39 is 0 Å². The summed E-state index contributed by atoms with van der Waals surface area (Å²) >= 11 is 0. The van der Waals surface area contributed by atoms with Gasteiger partial charge in [-0.1, -0.05) is 42.5 Å². The smallest absolute Gasteiger partial charge is 0.119 e. The summed E-state index contributed by atoms with van der Waals surface area (Å²) in [4.78, 5) is 9.32. The Labute approximate surface area is 237 Å². The maximum atomic E-state index is 5.96. The number of pyridine rings is 1. The first kappa shape index (κ1) is 28.1. The zero-order valence-corrected chi connectivity index (χ0v) is 23.3. The molecule has 1 saturated heterocycles. The minimum Gasteiger partial charge on any atom is -0.497 e. The Balaban J connectivity index is 1.20. The number of aromatic nitrogens is 1. The van der Waals surface area contributed by atoms with Gasteiger partial charge in [0.05, 0.1) is 52.3 Å². The van der Waals surface area contributed by atoms with E-state index in [0.29, 0.717) is 19.8 Å². The lowest BCUT2D eigenvalue weighted by molar-refractivity contribution is 0.00585. The SMILES string of the molecule is COc1cccc(CN(Cc2ccc3cccnc3c2)c2cccc(COCCOCCN3CCOCC3)c2)c1. The Hall–Kier alpha value is -3.49. The summed E-state index contributed by atoms with van der Waals surface area (Å²) < 4.78 is 22.6. The fourth-order valence-corrected chi connectivity index (χ4v) is 4.93. The number of hydrogen-bond acceptors (Lipinski definition) is 7. The largest absolute Gasteiger partial charge is 0.497 e. The lowest BCUT2D eigenvalue weighted by atomic mass is 10.1. The van der Waals surface area contributed by atoms with Crippen molar-refractivity contribution in [3.8, 4) is 5.75 Å². The highest BCUT2D eigenvalue weighted by Crippen LogP contribution is 2.25. The molecule has 1 aliphatic rings. The lowest BCUT2D eigenvalue weighted by Crippen LogP contribution is -2.38. The van der Waals surface area contributed by atoms with Crippen LogP contribution >= 0.6 is 0 Å². The van der Waals surface area contributed by atoms with E-state index in [0.717, 1.165) is 80.4 Å². The first-order chi connectivity index (χ1) is 19.8. The summed E-state index contributed by atoms with van der Waals surface area (Å²) in [7, 11) is 1.71. The Kier molecular flexibility index (Phi) is 10.4. The van der Waals surface area contributed by atoms with Gasteiger partial charge in [-0.05, 0) is 53.1 Å². The molecule has 1 aromatic heterocycles. The average molecular weight is 542 g/mol. The second kappa shape index (κ2) is 14.8. The van der Waals surface area contributed by atoms with Crippen LogP contribution in [0.1, 0.15) is 16.7 Å². The van der Waals surface area contributed by atoms with Gasteiger partial charge in [0.1, 0.15) is 5.75 Å². The fraction of sp³-hybridized carbons (Fsp3) is 0.364. The molecule has 5 rings (SSSR count). The monoisotopic (exact) mass is 541 g/mol. The molecule has 0 bridgehead atoms. The number of hydrogen-bond donors (Lipinski definition) is 0. The van der Waals surface area contributed by atoms with Crippen LogP contribution in [-0.4, -0.2) is 69.7 Å². The van der Waals surface area contributed by atoms with E-state index in [1.807, 2.05) is 24.4 Å². The minimum absolute atomic E-state index is 0.549. The molecular formula is C33H39N3O4. The van der Waals surface area contributed by atoms with Gasteiger partial charge in [0, 0.05) is 50.0 Å². The highest BCUT2D eigenvalue weighted by Gasteiger charge is 2.12. The Morgan fingerprint density at radius 3 is 2.48 bits per heavy atom. The van der Waals surface area contributed by atoms with E-state index in [2.05, 4.69) is 75.4 Å². The van der Waals surface area contributed by atoms with Gasteiger partial charge in [0.15, 0.2) is 0 Å². The van der Waals surface area contributed by atoms with Crippen LogP contribution in [0, 0.1) is 0 Å². The second-order valence-corrected chi connectivity index (χ2v) is 10.0. The van der Waals surface area contributed by atoms with Crippen molar-refractivity contribution in [3.05, 3.63) is 102 Å². The molecule has 0 atom stereocenters. The maximum absolute atomic E-state index is 5.96. The van der Waals surface area contributed by atoms with Gasteiger partial charge in [0.25, 0.3) is 0 Å². The van der Waals surface area contributed by atoms with Crippen LogP contribution in [-0.2, 0) is 33.9 Å². The molecule has 40 heavy (non-hydrogen) atoms. The normalized spacial score (nSPS) is 13.9. The molecular weight excluding hydrogens is 502 g/mol. The molecule has 1 fully saturated rings. The summed E-state index contributed by atoms with van der Waals surface area (Å²) in [5.74, 6) is 0.863. The molecule has 0 spiro atoms. The highest BCUT2D eigenvalue weighted by atomic mass is 16.5. The molecule has 0 amide bonds. The van der Waals surface area contributed by atoms with Crippen molar-refractivity contribution in [1.82, 2.24) is 9.88 Å². The highest BCUT2D eigenvalue weighted by molar-refractivity contribution is 5.79. The van der Waals surface area contributed by atoms with E-state index in [1.165, 1.54) is 11.1 Å². The Bertz CT molecular complexity index is 1340. The summed E-state index contributed by atoms with van der Waals surface area (Å²) in [5.41, 5.74) is 5.70. The van der Waals surface area contributed by atoms with Gasteiger partial charge in [-0.25, -0.2) is 0 Å². The molecule has 4 aromatic rings. The van der Waals surface area contributed by atoms with Crippen LogP contribution in [0.3, 0.4) is 0 Å². The van der Waals surface area contributed by atoms with E-state index in [1.54, 1.807) is 7.11 Å². The maximum Gasteiger partial charge on any atom is 0.119 e. The third kappa shape index (κ3) is 8.26. The molecule has 3 aromatic carbocycles. The quantitative estimate of drug-likeness (QED) is 0.200. The van der Waals surface area contributed by atoms with Gasteiger partial charge >= 0.3 is 0 Å². The van der Waals surface area contributed by atoms with Crippen LogP contribution in [0.15, 0.2) is 85.1 Å². The number of nitrogens with zero attached hydrogens (tertiary/aromatic N) is 3. The van der Waals surface area contributed by atoms with Crippen LogP contribution in [0.5, 0.6) is 5.75 Å². The summed E-state index contributed by atoms with van der Waals surface area (Å²) in [6.45, 7) is 8.51. The third-order valence-corrected chi connectivity index (χ3v) is 7.12. The Morgan fingerprint density at radius 1 is 0.800 bits per heavy atom. The van der Waals surface area contributed by atoms with E-state index in [4.69, 9.17) is 18.9 Å². The second-order valence-electron chi connectivity index (χ2n) is 10.0. The number of rotatable bonds is 14. The van der Waals surface area contributed by atoms with Gasteiger partial charge in [-0.3, -0.25) is 9.88 Å². The van der Waals surface area contributed by atoms with Gasteiger partial charge in [-0.15, -0.1) is 0 Å². The molecule has 7 heteroatoms. The van der Waals surface area contributed by atoms with Crippen molar-refractivity contribution >= 4 is 16.6 Å². The van der Waals surface area contributed by atoms with Gasteiger partial charge < -0.3 is 23.8 Å². The predicted octanol–water partition coefficient (Wildman–Crippen LogP) is 5.32. The van der Waals surface area contributed by atoms with Gasteiger partial charge in [0.2, 0.25) is 0 Å². The van der Waals surface area contributed by atoms with Crippen molar-refractivity contribution in [2.24, 2.45) is 0 Å². The minimum atomic E-state index is 0.549. The van der Waals surface area contributed by atoms with E-state index in [-0.39, 0.29) is 0 Å². The number of fused-ring (bicyclic) bond motifs is 1. The first-order valence-electron chi connectivity index (χ1n) is 14.0. The molecule has 7 nitrogen and oxygen atoms in total. The molecule has 0 N–H and O–H groups in total. The number of benzene rings is 3. The average Bonchev–Trinajstić information content (AvgIpc) is 3.01. The van der Waals surface area contributed by atoms with Crippen molar-refractivity contribution in [2.75, 3.05) is 64.7 Å². The Morgan fingerprint density at radius 2 is 1.60 bits per heavy atom. The molecule has 0 saturated carbocycles. The summed E-state index contributed by atoms with van der Waals surface area (Å²) in [5, 5.41) is 1.15.